The van der Waals surface area contributed by atoms with Crippen LogP contribution < -0.4 is 11.1 Å². The van der Waals surface area contributed by atoms with Gasteiger partial charge in [-0.05, 0) is 54.7 Å². The molecule has 0 fully saturated rings. The van der Waals surface area contributed by atoms with Gasteiger partial charge in [0.25, 0.3) is 0 Å². The van der Waals surface area contributed by atoms with Crippen molar-refractivity contribution in [3.8, 4) is 0 Å². The average Bonchev–Trinajstić information content (AvgIpc) is 2.77. The molecule has 0 radical (unpaired) electrons. The smallest absolute Gasteiger partial charge is 0.403 e. The Morgan fingerprint density at radius 3 is 2.38 bits per heavy atom. The van der Waals surface area contributed by atoms with Gasteiger partial charge in [0.05, 0.1) is 11.3 Å². The van der Waals surface area contributed by atoms with E-state index < -0.39 is 11.7 Å². The van der Waals surface area contributed by atoms with Crippen LogP contribution in [0, 0.1) is 0 Å². The van der Waals surface area contributed by atoms with Crippen molar-refractivity contribution in [3.05, 3.63) is 83.2 Å². The monoisotopic (exact) mass is 463 g/mol. The molecule has 0 amide bonds. The molecule has 1 atom stereocenters. The van der Waals surface area contributed by atoms with Crippen LogP contribution in [-0.2, 0) is 12.6 Å². The molecular weight excluding hydrogens is 435 g/mol. The number of aryl methyl sites for hydroxylation is 1. The molecule has 0 aromatic heterocycles. The van der Waals surface area contributed by atoms with E-state index in [4.69, 9.17) is 22.3 Å². The third-order valence-corrected chi connectivity index (χ3v) is 5.62. The predicted molar refractivity (Wildman–Crippen MR) is 128 cm³/mol. The summed E-state index contributed by atoms with van der Waals surface area (Å²) in [4.78, 5) is 4.79. The minimum atomic E-state index is -4.33. The van der Waals surface area contributed by atoms with Crippen LogP contribution in [0.25, 0.3) is 5.03 Å². The maximum atomic E-state index is 12.7. The molecule has 0 aliphatic rings. The van der Waals surface area contributed by atoms with Crippen LogP contribution in [0.15, 0.2) is 65.9 Å². The van der Waals surface area contributed by atoms with Gasteiger partial charge in [-0.2, -0.15) is 13.2 Å². The molecule has 0 spiro atoms. The number of halogens is 4. The van der Waals surface area contributed by atoms with E-state index >= 15 is 0 Å². The highest BCUT2D eigenvalue weighted by molar-refractivity contribution is 6.48. The van der Waals surface area contributed by atoms with Gasteiger partial charge >= 0.3 is 6.18 Å². The SMILES string of the molecule is C=C(Cl)c1cc(C(C)/C(=C/N)NC)ccc1N=C(CC)CCc1ccc(C(F)(F)F)cc1. The summed E-state index contributed by atoms with van der Waals surface area (Å²) in [5.74, 6) is 0.0445. The Balaban J connectivity index is 2.25. The number of rotatable bonds is 9. The summed E-state index contributed by atoms with van der Waals surface area (Å²) in [5, 5.41) is 3.48. The number of nitrogens with one attached hydrogen (secondary N) is 1. The van der Waals surface area contributed by atoms with E-state index in [9.17, 15) is 13.2 Å². The summed E-state index contributed by atoms with van der Waals surface area (Å²) in [5.41, 5.74) is 10.2. The topological polar surface area (TPSA) is 50.4 Å². The lowest BCUT2D eigenvalue weighted by Crippen LogP contribution is -2.14. The number of aliphatic imine (C=N–C) groups is 1. The van der Waals surface area contributed by atoms with Crippen LogP contribution in [0.5, 0.6) is 0 Å². The summed E-state index contributed by atoms with van der Waals surface area (Å²) in [7, 11) is 1.82. The van der Waals surface area contributed by atoms with E-state index in [0.29, 0.717) is 30.0 Å². The van der Waals surface area contributed by atoms with Crippen LogP contribution >= 0.6 is 11.6 Å². The minimum Gasteiger partial charge on any atom is -0.403 e. The number of hydrogen-bond donors (Lipinski definition) is 2. The molecule has 7 heteroatoms. The molecule has 0 aliphatic carbocycles. The molecule has 1 unspecified atom stereocenters. The predicted octanol–water partition coefficient (Wildman–Crippen LogP) is 7.15. The normalized spacial score (nSPS) is 13.7. The standard InChI is InChI=1S/C25H29ClF3N3/c1-5-21(12-8-18-6-10-20(11-7-18)25(27,28)29)32-23-13-9-19(14-22(23)17(3)26)16(2)24(15-30)31-4/h6-7,9-11,13-16,31H,3,5,8,12,30H2,1-2,4H3/b24-15-,32-21?. The van der Waals surface area contributed by atoms with E-state index in [1.807, 2.05) is 39.1 Å². The maximum Gasteiger partial charge on any atom is 0.416 e. The van der Waals surface area contributed by atoms with Crippen molar-refractivity contribution in [2.45, 2.75) is 45.2 Å². The Hall–Kier alpha value is -2.73. The zero-order chi connectivity index (χ0) is 23.9. The Morgan fingerprint density at radius 1 is 1.22 bits per heavy atom. The van der Waals surface area contributed by atoms with E-state index in [-0.39, 0.29) is 5.92 Å². The number of benzene rings is 2. The average molecular weight is 464 g/mol. The second-order valence-corrected chi connectivity index (χ2v) is 7.96. The van der Waals surface area contributed by atoms with Gasteiger partial charge < -0.3 is 11.1 Å². The van der Waals surface area contributed by atoms with Gasteiger partial charge in [-0.3, -0.25) is 4.99 Å². The number of nitrogens with two attached hydrogens (primary N) is 1. The lowest BCUT2D eigenvalue weighted by Gasteiger charge is -2.17. The molecule has 2 aromatic carbocycles. The quantitative estimate of drug-likeness (QED) is 0.388. The summed E-state index contributed by atoms with van der Waals surface area (Å²) in [6, 6.07) is 11.1. The molecule has 3 nitrogen and oxygen atoms in total. The van der Waals surface area contributed by atoms with Crippen molar-refractivity contribution in [3.63, 3.8) is 0 Å². The van der Waals surface area contributed by atoms with Crippen molar-refractivity contribution in [2.24, 2.45) is 10.7 Å². The molecule has 2 aromatic rings. The number of allylic oxidation sites excluding steroid dienone is 1. The van der Waals surface area contributed by atoms with Crippen LogP contribution in [0.1, 0.15) is 54.9 Å². The number of alkyl halides is 3. The van der Waals surface area contributed by atoms with Gasteiger partial charge in [-0.15, -0.1) is 0 Å². The lowest BCUT2D eigenvalue weighted by atomic mass is 9.95. The summed E-state index contributed by atoms with van der Waals surface area (Å²) < 4.78 is 38.2. The molecule has 0 saturated carbocycles. The van der Waals surface area contributed by atoms with E-state index in [1.165, 1.54) is 12.1 Å². The number of nitrogens with zero attached hydrogens (tertiary/aromatic N) is 1. The number of hydrogen-bond acceptors (Lipinski definition) is 3. The highest BCUT2D eigenvalue weighted by Gasteiger charge is 2.29. The van der Waals surface area contributed by atoms with Gasteiger partial charge in [-0.25, -0.2) is 0 Å². The second-order valence-electron chi connectivity index (χ2n) is 7.50. The van der Waals surface area contributed by atoms with E-state index in [2.05, 4.69) is 11.9 Å². The van der Waals surface area contributed by atoms with Crippen molar-refractivity contribution in [1.82, 2.24) is 5.32 Å². The molecule has 32 heavy (non-hydrogen) atoms. The van der Waals surface area contributed by atoms with Crippen LogP contribution in [-0.4, -0.2) is 12.8 Å². The first-order valence-corrected chi connectivity index (χ1v) is 10.8. The van der Waals surface area contributed by atoms with Gasteiger partial charge in [0.2, 0.25) is 0 Å². The molecule has 0 heterocycles. The third kappa shape index (κ3) is 6.63. The minimum absolute atomic E-state index is 0.0445. The molecule has 3 N–H and O–H groups in total. The van der Waals surface area contributed by atoms with E-state index in [1.54, 1.807) is 6.20 Å². The summed E-state index contributed by atoms with van der Waals surface area (Å²) in [6.45, 7) is 7.92. The van der Waals surface area contributed by atoms with Gasteiger partial charge in [0.15, 0.2) is 0 Å². The zero-order valence-electron chi connectivity index (χ0n) is 18.6. The van der Waals surface area contributed by atoms with E-state index in [0.717, 1.165) is 40.2 Å². The van der Waals surface area contributed by atoms with Gasteiger partial charge in [0.1, 0.15) is 0 Å². The Morgan fingerprint density at radius 2 is 1.88 bits per heavy atom. The fourth-order valence-corrected chi connectivity index (χ4v) is 3.54. The Kier molecular flexibility index (Phi) is 8.96. The number of likely N-dealkylation sites (N-methyl/N-ethyl adjacent to an activating group) is 1. The molecule has 0 bridgehead atoms. The van der Waals surface area contributed by atoms with Crippen molar-refractivity contribution in [1.29, 1.82) is 0 Å². The lowest BCUT2D eigenvalue weighted by molar-refractivity contribution is -0.137. The third-order valence-electron chi connectivity index (χ3n) is 5.42. The highest BCUT2D eigenvalue weighted by atomic mass is 35.5. The second kappa shape index (κ2) is 11.2. The fourth-order valence-electron chi connectivity index (χ4n) is 3.39. The first kappa shape index (κ1) is 25.5. The molecule has 172 valence electrons. The molecule has 0 saturated heterocycles. The molecular formula is C25H29ClF3N3. The van der Waals surface area contributed by atoms with Crippen LogP contribution in [0.2, 0.25) is 0 Å². The van der Waals surface area contributed by atoms with Gasteiger partial charge in [0, 0.05) is 41.2 Å². The van der Waals surface area contributed by atoms with Crippen molar-refractivity contribution in [2.75, 3.05) is 7.05 Å². The highest BCUT2D eigenvalue weighted by Crippen LogP contribution is 2.33. The van der Waals surface area contributed by atoms with Crippen molar-refractivity contribution < 1.29 is 13.2 Å². The summed E-state index contributed by atoms with van der Waals surface area (Å²) >= 11 is 6.27. The van der Waals surface area contributed by atoms with Crippen molar-refractivity contribution >= 4 is 28.0 Å². The zero-order valence-corrected chi connectivity index (χ0v) is 19.3. The molecule has 0 aliphatic heterocycles. The Labute approximate surface area is 192 Å². The van der Waals surface area contributed by atoms with Gasteiger partial charge in [-0.1, -0.05) is 50.2 Å². The molecule has 2 rings (SSSR count). The largest absolute Gasteiger partial charge is 0.416 e. The maximum absolute atomic E-state index is 12.7. The fraction of sp³-hybridized carbons (Fsp3) is 0.320. The first-order valence-electron chi connectivity index (χ1n) is 10.4. The summed E-state index contributed by atoms with van der Waals surface area (Å²) in [6.07, 6.45) is -0.834. The van der Waals surface area contributed by atoms with Crippen LogP contribution in [0.3, 0.4) is 0 Å². The Bertz CT molecular complexity index is 992. The first-order chi connectivity index (χ1) is 15.1. The van der Waals surface area contributed by atoms with Crippen LogP contribution in [0.4, 0.5) is 18.9 Å².